The average molecular weight is 400 g/mol. The fourth-order valence-electron chi connectivity index (χ4n) is 3.21. The van der Waals surface area contributed by atoms with Gasteiger partial charge in [-0.3, -0.25) is 4.79 Å². The smallest absolute Gasteiger partial charge is 0.238 e. The highest BCUT2D eigenvalue weighted by molar-refractivity contribution is 7.89. The summed E-state index contributed by atoms with van der Waals surface area (Å²) in [6.07, 6.45) is 0.216. The molecule has 0 spiro atoms. The number of nitrogens with two attached hydrogens (primary N) is 1. The van der Waals surface area contributed by atoms with Crippen molar-refractivity contribution in [3.63, 3.8) is 0 Å². The summed E-state index contributed by atoms with van der Waals surface area (Å²) in [4.78, 5) is 12.6. The van der Waals surface area contributed by atoms with Gasteiger partial charge in [-0.05, 0) is 49.2 Å². The number of primary sulfonamides is 1. The third-order valence-electron chi connectivity index (χ3n) is 4.81. The summed E-state index contributed by atoms with van der Waals surface area (Å²) in [5.74, 6) is -0.758. The first-order valence-corrected chi connectivity index (χ1v) is 10.2. The lowest BCUT2D eigenvalue weighted by molar-refractivity contribution is 0.103. The van der Waals surface area contributed by atoms with Gasteiger partial charge >= 0.3 is 0 Å². The number of carbonyl (C=O) groups excluding carboxylic acids is 1. The van der Waals surface area contributed by atoms with Crippen LogP contribution in [0, 0.1) is 19.7 Å². The molecule has 3 rings (SSSR count). The number of nitrogens with zero attached hydrogens (tertiary/aromatic N) is 1. The number of halogens is 1. The molecule has 2 aromatic carbocycles. The largest absolute Gasteiger partial charge is 0.345 e. The first-order chi connectivity index (χ1) is 13.1. The van der Waals surface area contributed by atoms with Gasteiger partial charge in [0.05, 0.1) is 10.6 Å². The number of sulfonamides is 1. The molecule has 146 valence electrons. The van der Waals surface area contributed by atoms with Crippen LogP contribution in [0.2, 0.25) is 0 Å². The second-order valence-electron chi connectivity index (χ2n) is 6.89. The van der Waals surface area contributed by atoms with Gasteiger partial charge in [-0.1, -0.05) is 29.8 Å². The zero-order valence-electron chi connectivity index (χ0n) is 15.9. The van der Waals surface area contributed by atoms with Crippen LogP contribution in [0.4, 0.5) is 4.39 Å². The van der Waals surface area contributed by atoms with Crippen LogP contribution in [0.5, 0.6) is 0 Å². The molecule has 7 heteroatoms. The Balaban J connectivity index is 1.91. The van der Waals surface area contributed by atoms with Gasteiger partial charge in [-0.2, -0.15) is 0 Å². The van der Waals surface area contributed by atoms with Crippen molar-refractivity contribution >= 4 is 15.8 Å². The molecular weight excluding hydrogens is 379 g/mol. The van der Waals surface area contributed by atoms with Crippen LogP contribution in [0.15, 0.2) is 53.4 Å². The SMILES string of the molecule is Cc1ccc(C(=O)c2ccc(Cc3ccc(S(N)(=O)=O)cc3F)n2C)c(C)c1. The van der Waals surface area contributed by atoms with E-state index >= 15 is 0 Å². The van der Waals surface area contributed by atoms with Crippen molar-refractivity contribution in [1.82, 2.24) is 4.57 Å². The molecule has 0 saturated carbocycles. The van der Waals surface area contributed by atoms with E-state index in [1.807, 2.05) is 32.0 Å². The maximum atomic E-state index is 14.3. The summed E-state index contributed by atoms with van der Waals surface area (Å²) < 4.78 is 38.7. The Bertz CT molecular complexity index is 1180. The van der Waals surface area contributed by atoms with Crippen LogP contribution in [0.25, 0.3) is 0 Å². The molecule has 0 unspecified atom stereocenters. The number of hydrogen-bond donors (Lipinski definition) is 1. The van der Waals surface area contributed by atoms with Crippen molar-refractivity contribution < 1.29 is 17.6 Å². The second-order valence-corrected chi connectivity index (χ2v) is 8.45. The Morgan fingerprint density at radius 2 is 1.79 bits per heavy atom. The minimum atomic E-state index is -3.96. The summed E-state index contributed by atoms with van der Waals surface area (Å²) in [7, 11) is -2.21. The van der Waals surface area contributed by atoms with E-state index in [0.717, 1.165) is 22.9 Å². The van der Waals surface area contributed by atoms with E-state index in [0.29, 0.717) is 16.8 Å². The van der Waals surface area contributed by atoms with E-state index in [4.69, 9.17) is 5.14 Å². The monoisotopic (exact) mass is 400 g/mol. The van der Waals surface area contributed by atoms with Crippen LogP contribution in [0.3, 0.4) is 0 Å². The van der Waals surface area contributed by atoms with Crippen LogP contribution in [0.1, 0.15) is 38.4 Å². The van der Waals surface area contributed by atoms with Gasteiger partial charge in [0.15, 0.2) is 0 Å². The normalized spacial score (nSPS) is 11.6. The second kappa shape index (κ2) is 7.33. The summed E-state index contributed by atoms with van der Waals surface area (Å²) in [5, 5.41) is 5.03. The third kappa shape index (κ3) is 3.90. The maximum absolute atomic E-state index is 14.3. The topological polar surface area (TPSA) is 82.2 Å². The quantitative estimate of drug-likeness (QED) is 0.668. The van der Waals surface area contributed by atoms with Gasteiger partial charge in [0, 0.05) is 24.7 Å². The molecule has 5 nitrogen and oxygen atoms in total. The molecule has 0 aliphatic rings. The summed E-state index contributed by atoms with van der Waals surface area (Å²) >= 11 is 0. The molecule has 0 saturated heterocycles. The predicted molar refractivity (Wildman–Crippen MR) is 105 cm³/mol. The first kappa shape index (κ1) is 20.0. The summed E-state index contributed by atoms with van der Waals surface area (Å²) in [5.41, 5.74) is 4.16. The number of rotatable bonds is 5. The molecule has 0 radical (unpaired) electrons. The molecule has 0 atom stereocenters. The molecule has 0 fully saturated rings. The first-order valence-electron chi connectivity index (χ1n) is 8.65. The van der Waals surface area contributed by atoms with Crippen molar-refractivity contribution in [2.45, 2.75) is 25.2 Å². The Hall–Kier alpha value is -2.77. The lowest BCUT2D eigenvalue weighted by atomic mass is 10.0. The van der Waals surface area contributed by atoms with Gasteiger partial charge in [0.1, 0.15) is 5.82 Å². The molecule has 3 aromatic rings. The lowest BCUT2D eigenvalue weighted by Crippen LogP contribution is -2.13. The van der Waals surface area contributed by atoms with Crippen molar-refractivity contribution in [3.05, 3.63) is 88.0 Å². The highest BCUT2D eigenvalue weighted by atomic mass is 32.2. The summed E-state index contributed by atoms with van der Waals surface area (Å²) in [6, 6.07) is 12.7. The van der Waals surface area contributed by atoms with Crippen LogP contribution >= 0.6 is 0 Å². The van der Waals surface area contributed by atoms with E-state index in [1.54, 1.807) is 23.7 Å². The zero-order chi connectivity index (χ0) is 20.6. The summed E-state index contributed by atoms with van der Waals surface area (Å²) in [6.45, 7) is 3.87. The maximum Gasteiger partial charge on any atom is 0.238 e. The number of aromatic nitrogens is 1. The minimum absolute atomic E-state index is 0.101. The average Bonchev–Trinajstić information content (AvgIpc) is 2.96. The van der Waals surface area contributed by atoms with Crippen LogP contribution in [-0.4, -0.2) is 18.8 Å². The van der Waals surface area contributed by atoms with Gasteiger partial charge in [0.25, 0.3) is 0 Å². The van der Waals surface area contributed by atoms with Crippen molar-refractivity contribution in [1.29, 1.82) is 0 Å². The molecule has 0 aliphatic heterocycles. The van der Waals surface area contributed by atoms with E-state index < -0.39 is 15.8 Å². The molecule has 2 N–H and O–H groups in total. The number of hydrogen-bond acceptors (Lipinski definition) is 3. The number of aryl methyl sites for hydroxylation is 2. The number of ketones is 1. The molecule has 28 heavy (non-hydrogen) atoms. The Labute approximate surface area is 163 Å². The van der Waals surface area contributed by atoms with E-state index in [-0.39, 0.29) is 17.1 Å². The minimum Gasteiger partial charge on any atom is -0.345 e. The highest BCUT2D eigenvalue weighted by Gasteiger charge is 2.18. The molecule has 0 amide bonds. The standard InChI is InChI=1S/C21H21FN2O3S/c1-13-4-8-18(14(2)10-13)21(25)20-9-6-16(24(20)3)11-15-5-7-17(12-19(15)22)28(23,26)27/h4-10,12H,11H2,1-3H3,(H2,23,26,27). The Morgan fingerprint density at radius 3 is 2.39 bits per heavy atom. The van der Waals surface area contributed by atoms with Gasteiger partial charge < -0.3 is 4.57 Å². The van der Waals surface area contributed by atoms with Crippen molar-refractivity contribution in [3.8, 4) is 0 Å². The number of carbonyl (C=O) groups is 1. The van der Waals surface area contributed by atoms with Crippen LogP contribution < -0.4 is 5.14 Å². The molecule has 0 aliphatic carbocycles. The van der Waals surface area contributed by atoms with Crippen molar-refractivity contribution in [2.75, 3.05) is 0 Å². The van der Waals surface area contributed by atoms with E-state index in [2.05, 4.69) is 0 Å². The third-order valence-corrected chi connectivity index (χ3v) is 5.72. The molecular formula is C21H21FN2O3S. The fraction of sp³-hybridized carbons (Fsp3) is 0.190. The molecule has 1 aromatic heterocycles. The Kier molecular flexibility index (Phi) is 5.23. The molecule has 0 bridgehead atoms. The van der Waals surface area contributed by atoms with E-state index in [9.17, 15) is 17.6 Å². The van der Waals surface area contributed by atoms with Gasteiger partial charge in [-0.15, -0.1) is 0 Å². The van der Waals surface area contributed by atoms with E-state index in [1.165, 1.54) is 12.1 Å². The Morgan fingerprint density at radius 1 is 1.07 bits per heavy atom. The van der Waals surface area contributed by atoms with Crippen LogP contribution in [-0.2, 0) is 23.5 Å². The highest BCUT2D eigenvalue weighted by Crippen LogP contribution is 2.21. The fourth-order valence-corrected chi connectivity index (χ4v) is 3.73. The number of benzene rings is 2. The lowest BCUT2D eigenvalue weighted by Gasteiger charge is -2.10. The predicted octanol–water partition coefficient (Wildman–Crippen LogP) is 3.25. The van der Waals surface area contributed by atoms with Gasteiger partial charge in [-0.25, -0.2) is 17.9 Å². The zero-order valence-corrected chi connectivity index (χ0v) is 16.7. The van der Waals surface area contributed by atoms with Gasteiger partial charge in [0.2, 0.25) is 15.8 Å². The molecule has 1 heterocycles. The van der Waals surface area contributed by atoms with Crippen molar-refractivity contribution in [2.24, 2.45) is 12.2 Å².